The topological polar surface area (TPSA) is 33.5 Å². The number of hydrogen-bond donors (Lipinski definition) is 0. The molecule has 2 aromatic carbocycles. The molecule has 1 aliphatic heterocycles. The monoisotopic (exact) mass is 493 g/mol. The minimum Gasteiger partial charge on any atom is -0.457 e. The van der Waals surface area contributed by atoms with Gasteiger partial charge in [-0.15, -0.1) is 0 Å². The molecule has 0 radical (unpaired) electrons. The van der Waals surface area contributed by atoms with Crippen LogP contribution in [-0.2, 0) is 4.79 Å². The molecular weight excluding hydrogens is 485 g/mol. The van der Waals surface area contributed by atoms with Crippen LogP contribution in [0.2, 0.25) is 5.02 Å². The third kappa shape index (κ3) is 3.80. The van der Waals surface area contributed by atoms with Gasteiger partial charge in [-0.05, 0) is 42.5 Å². The van der Waals surface area contributed by atoms with Gasteiger partial charge in [-0.1, -0.05) is 63.6 Å². The second-order valence-corrected chi connectivity index (χ2v) is 8.82. The van der Waals surface area contributed by atoms with Crippen LogP contribution in [0.4, 0.5) is 10.1 Å². The van der Waals surface area contributed by atoms with Gasteiger partial charge in [0.2, 0.25) is 0 Å². The van der Waals surface area contributed by atoms with E-state index in [0.29, 0.717) is 26.4 Å². The molecule has 140 valence electrons. The maximum atomic E-state index is 13.4. The van der Waals surface area contributed by atoms with Crippen molar-refractivity contribution in [3.8, 4) is 11.3 Å². The Morgan fingerprint density at radius 2 is 1.89 bits per heavy atom. The summed E-state index contributed by atoms with van der Waals surface area (Å²) in [7, 11) is 0. The van der Waals surface area contributed by atoms with Crippen molar-refractivity contribution >= 4 is 73.5 Å². The van der Waals surface area contributed by atoms with Crippen LogP contribution in [0.1, 0.15) is 5.76 Å². The molecule has 0 N–H and O–H groups in total. The largest absolute Gasteiger partial charge is 0.457 e. The summed E-state index contributed by atoms with van der Waals surface area (Å²) in [6, 6.07) is 15.4. The van der Waals surface area contributed by atoms with E-state index in [1.807, 2.05) is 30.3 Å². The van der Waals surface area contributed by atoms with Crippen molar-refractivity contribution in [1.29, 1.82) is 0 Å². The van der Waals surface area contributed by atoms with E-state index in [1.165, 1.54) is 23.1 Å². The van der Waals surface area contributed by atoms with Gasteiger partial charge in [-0.25, -0.2) is 4.39 Å². The summed E-state index contributed by atoms with van der Waals surface area (Å²) in [5, 5.41) is -0.0688. The third-order valence-corrected chi connectivity index (χ3v) is 6.10. The van der Waals surface area contributed by atoms with Crippen LogP contribution < -0.4 is 4.90 Å². The Balaban J connectivity index is 1.61. The molecule has 1 aliphatic rings. The minimum absolute atomic E-state index is 0.0688. The number of halogens is 3. The van der Waals surface area contributed by atoms with Gasteiger partial charge in [-0.2, -0.15) is 0 Å². The van der Waals surface area contributed by atoms with Crippen LogP contribution in [0, 0.1) is 5.82 Å². The molecule has 0 saturated carbocycles. The highest BCUT2D eigenvalue weighted by molar-refractivity contribution is 9.10. The van der Waals surface area contributed by atoms with Crippen LogP contribution >= 0.6 is 51.5 Å². The highest BCUT2D eigenvalue weighted by atomic mass is 79.9. The van der Waals surface area contributed by atoms with E-state index in [-0.39, 0.29) is 10.9 Å². The van der Waals surface area contributed by atoms with Gasteiger partial charge in [0.05, 0.1) is 15.6 Å². The van der Waals surface area contributed by atoms with Crippen LogP contribution in [0.3, 0.4) is 0 Å². The lowest BCUT2D eigenvalue weighted by Gasteiger charge is -2.14. The van der Waals surface area contributed by atoms with Crippen molar-refractivity contribution in [2.75, 3.05) is 4.90 Å². The number of thioether (sulfide) groups is 1. The van der Waals surface area contributed by atoms with Gasteiger partial charge in [0, 0.05) is 16.1 Å². The summed E-state index contributed by atoms with van der Waals surface area (Å²) in [4.78, 5) is 14.5. The summed E-state index contributed by atoms with van der Waals surface area (Å²) in [5.41, 5.74) is 1.35. The number of amides is 1. The van der Waals surface area contributed by atoms with E-state index in [9.17, 15) is 9.18 Å². The van der Waals surface area contributed by atoms with Crippen LogP contribution in [0.25, 0.3) is 17.4 Å². The van der Waals surface area contributed by atoms with Gasteiger partial charge in [0.25, 0.3) is 5.91 Å². The first-order valence-electron chi connectivity index (χ1n) is 8.01. The lowest BCUT2D eigenvalue weighted by atomic mass is 10.2. The van der Waals surface area contributed by atoms with Gasteiger partial charge < -0.3 is 4.42 Å². The number of benzene rings is 2. The lowest BCUT2D eigenvalue weighted by molar-refractivity contribution is -0.113. The standard InChI is InChI=1S/C20H10BrClFNO2S2/c21-12-3-1-11(2-4-12)17-8-6-14(26-17)10-18-19(25)24(20(27)28-18)13-5-7-16(23)15(22)9-13/h1-10H/b18-10+. The van der Waals surface area contributed by atoms with Crippen LogP contribution in [0.15, 0.2) is 68.4 Å². The Labute approximate surface area is 183 Å². The Morgan fingerprint density at radius 1 is 1.14 bits per heavy atom. The number of carbonyl (C=O) groups is 1. The lowest BCUT2D eigenvalue weighted by Crippen LogP contribution is -2.27. The van der Waals surface area contributed by atoms with Gasteiger partial charge in [0.1, 0.15) is 17.3 Å². The highest BCUT2D eigenvalue weighted by Gasteiger charge is 2.33. The van der Waals surface area contributed by atoms with E-state index in [0.717, 1.165) is 21.8 Å². The van der Waals surface area contributed by atoms with Crippen molar-refractivity contribution in [1.82, 2.24) is 0 Å². The molecule has 1 aromatic heterocycles. The summed E-state index contributed by atoms with van der Waals surface area (Å²) in [6.45, 7) is 0. The first-order chi connectivity index (χ1) is 13.4. The fourth-order valence-electron chi connectivity index (χ4n) is 2.64. The summed E-state index contributed by atoms with van der Waals surface area (Å²) < 4.78 is 20.6. The molecule has 3 aromatic rings. The molecule has 2 heterocycles. The molecule has 0 atom stereocenters. The molecule has 4 rings (SSSR count). The molecule has 3 nitrogen and oxygen atoms in total. The maximum absolute atomic E-state index is 13.4. The molecule has 8 heteroatoms. The number of furan rings is 1. The SMILES string of the molecule is O=C1/C(=C\c2ccc(-c3ccc(Br)cc3)o2)SC(=S)N1c1ccc(F)c(Cl)c1. The average Bonchev–Trinajstić information content (AvgIpc) is 3.23. The Hall–Kier alpha value is -1.93. The Morgan fingerprint density at radius 3 is 2.61 bits per heavy atom. The van der Waals surface area contributed by atoms with E-state index in [1.54, 1.807) is 12.1 Å². The number of nitrogens with zero attached hydrogens (tertiary/aromatic N) is 1. The molecule has 0 spiro atoms. The van der Waals surface area contributed by atoms with E-state index < -0.39 is 5.82 Å². The number of rotatable bonds is 3. The molecule has 0 aliphatic carbocycles. The van der Waals surface area contributed by atoms with Gasteiger partial charge >= 0.3 is 0 Å². The van der Waals surface area contributed by atoms with Crippen LogP contribution in [0.5, 0.6) is 0 Å². The van der Waals surface area contributed by atoms with Crippen molar-refractivity contribution < 1.29 is 13.6 Å². The Bertz CT molecular complexity index is 1130. The molecular formula is C20H10BrClFNO2S2. The highest BCUT2D eigenvalue weighted by Crippen LogP contribution is 2.37. The zero-order valence-electron chi connectivity index (χ0n) is 14.0. The molecule has 0 unspecified atom stereocenters. The summed E-state index contributed by atoms with van der Waals surface area (Å²) >= 11 is 15.7. The van der Waals surface area contributed by atoms with E-state index in [4.69, 9.17) is 28.2 Å². The zero-order chi connectivity index (χ0) is 19.8. The minimum atomic E-state index is -0.553. The normalized spacial score (nSPS) is 15.7. The smallest absolute Gasteiger partial charge is 0.270 e. The molecule has 0 bridgehead atoms. The number of hydrogen-bond acceptors (Lipinski definition) is 4. The summed E-state index contributed by atoms with van der Waals surface area (Å²) in [5.74, 6) is 0.372. The predicted molar refractivity (Wildman–Crippen MR) is 119 cm³/mol. The Kier molecular flexibility index (Phi) is 5.42. The predicted octanol–water partition coefficient (Wildman–Crippen LogP) is 6.91. The number of thiocarbonyl (C=S) groups is 1. The van der Waals surface area contributed by atoms with E-state index >= 15 is 0 Å². The van der Waals surface area contributed by atoms with Crippen molar-refractivity contribution in [3.63, 3.8) is 0 Å². The van der Waals surface area contributed by atoms with Crippen LogP contribution in [-0.4, -0.2) is 10.2 Å². The second-order valence-electron chi connectivity index (χ2n) is 5.82. The molecule has 1 saturated heterocycles. The quantitative estimate of drug-likeness (QED) is 0.293. The van der Waals surface area contributed by atoms with Crippen molar-refractivity contribution in [2.24, 2.45) is 0 Å². The second kappa shape index (κ2) is 7.83. The fraction of sp³-hybridized carbons (Fsp3) is 0. The number of carbonyl (C=O) groups excluding carboxylic acids is 1. The van der Waals surface area contributed by atoms with E-state index in [2.05, 4.69) is 15.9 Å². The molecule has 28 heavy (non-hydrogen) atoms. The summed E-state index contributed by atoms with van der Waals surface area (Å²) in [6.07, 6.45) is 1.65. The van der Waals surface area contributed by atoms with Crippen molar-refractivity contribution in [3.05, 3.63) is 80.6 Å². The molecule has 1 fully saturated rings. The first-order valence-corrected chi connectivity index (χ1v) is 10.4. The van der Waals surface area contributed by atoms with Gasteiger partial charge in [0.15, 0.2) is 4.32 Å². The van der Waals surface area contributed by atoms with Crippen molar-refractivity contribution in [2.45, 2.75) is 0 Å². The molecule has 1 amide bonds. The third-order valence-electron chi connectivity index (χ3n) is 3.98. The fourth-order valence-corrected chi connectivity index (χ4v) is 4.36. The number of anilines is 1. The average molecular weight is 495 g/mol. The van der Waals surface area contributed by atoms with Gasteiger partial charge in [-0.3, -0.25) is 9.69 Å². The maximum Gasteiger partial charge on any atom is 0.270 e. The zero-order valence-corrected chi connectivity index (χ0v) is 18.0. The first kappa shape index (κ1) is 19.4.